The zero-order valence-corrected chi connectivity index (χ0v) is 13.5. The maximum atomic E-state index is 12.5. The van der Waals surface area contributed by atoms with Gasteiger partial charge in [-0.1, -0.05) is 42.5 Å². The molecule has 0 saturated heterocycles. The van der Waals surface area contributed by atoms with Gasteiger partial charge in [0.2, 0.25) is 0 Å². The summed E-state index contributed by atoms with van der Waals surface area (Å²) >= 11 is 0. The number of hydrogen-bond acceptors (Lipinski definition) is 3. The number of amides is 1. The lowest BCUT2D eigenvalue weighted by Gasteiger charge is -2.16. The molecule has 0 saturated carbocycles. The van der Waals surface area contributed by atoms with Gasteiger partial charge in [0.25, 0.3) is 5.91 Å². The number of fused-ring (bicyclic) bond motifs is 3. The minimum atomic E-state index is -0.537. The molecule has 124 valence electrons. The Hall–Kier alpha value is -2.46. The van der Waals surface area contributed by atoms with Crippen molar-refractivity contribution in [1.29, 1.82) is 0 Å². The summed E-state index contributed by atoms with van der Waals surface area (Å²) in [4.78, 5) is 24.0. The molecule has 1 amide bonds. The third-order valence-electron chi connectivity index (χ3n) is 4.20. The van der Waals surface area contributed by atoms with E-state index in [1.165, 1.54) is 5.56 Å². The minimum Gasteiger partial charge on any atom is -0.377 e. The van der Waals surface area contributed by atoms with Gasteiger partial charge in [-0.15, -0.1) is 0 Å². The van der Waals surface area contributed by atoms with Gasteiger partial charge in [0.15, 0.2) is 0 Å². The van der Waals surface area contributed by atoms with Crippen molar-refractivity contribution >= 4 is 12.2 Å². The van der Waals surface area contributed by atoms with E-state index in [0.29, 0.717) is 25.2 Å². The van der Waals surface area contributed by atoms with Crippen LogP contribution in [0.4, 0.5) is 0 Å². The van der Waals surface area contributed by atoms with Gasteiger partial charge in [-0.05, 0) is 42.0 Å². The van der Waals surface area contributed by atoms with Crippen LogP contribution < -0.4 is 5.32 Å². The number of benzene rings is 2. The highest BCUT2D eigenvalue weighted by atomic mass is 16.5. The Labute approximate surface area is 141 Å². The highest BCUT2D eigenvalue weighted by Crippen LogP contribution is 2.14. The Morgan fingerprint density at radius 2 is 1.92 bits per heavy atom. The van der Waals surface area contributed by atoms with Crippen molar-refractivity contribution in [2.24, 2.45) is 0 Å². The summed E-state index contributed by atoms with van der Waals surface area (Å²) in [5.74, 6) is -0.237. The maximum absolute atomic E-state index is 12.5. The molecule has 1 N–H and O–H groups in total. The predicted molar refractivity (Wildman–Crippen MR) is 91.9 cm³/mol. The van der Waals surface area contributed by atoms with Crippen molar-refractivity contribution in [3.63, 3.8) is 0 Å². The van der Waals surface area contributed by atoms with Gasteiger partial charge in [-0.3, -0.25) is 4.79 Å². The Morgan fingerprint density at radius 3 is 2.79 bits per heavy atom. The van der Waals surface area contributed by atoms with E-state index in [2.05, 4.69) is 17.4 Å². The van der Waals surface area contributed by atoms with Gasteiger partial charge in [-0.2, -0.15) is 0 Å². The highest BCUT2D eigenvalue weighted by molar-refractivity contribution is 5.97. The Balaban J connectivity index is 1.88. The van der Waals surface area contributed by atoms with Crippen LogP contribution in [0.25, 0.3) is 0 Å². The van der Waals surface area contributed by atoms with Crippen LogP contribution in [-0.4, -0.2) is 24.8 Å². The van der Waals surface area contributed by atoms with Crippen LogP contribution in [0.3, 0.4) is 0 Å². The monoisotopic (exact) mass is 323 g/mol. The SMILES string of the molecule is O=CC1Cc2cccc(c2)CCCOCc2ccccc2C(=O)N1. The van der Waals surface area contributed by atoms with Crippen molar-refractivity contribution in [1.82, 2.24) is 5.32 Å². The maximum Gasteiger partial charge on any atom is 0.252 e. The van der Waals surface area contributed by atoms with E-state index >= 15 is 0 Å². The number of hydrogen-bond donors (Lipinski definition) is 1. The second kappa shape index (κ2) is 7.88. The molecule has 2 aromatic rings. The summed E-state index contributed by atoms with van der Waals surface area (Å²) in [7, 11) is 0. The summed E-state index contributed by atoms with van der Waals surface area (Å²) in [6, 6.07) is 15.0. The molecule has 0 fully saturated rings. The van der Waals surface area contributed by atoms with Crippen LogP contribution in [0.15, 0.2) is 48.5 Å². The fourth-order valence-electron chi connectivity index (χ4n) is 2.97. The van der Waals surface area contributed by atoms with Crippen molar-refractivity contribution in [3.8, 4) is 0 Å². The number of carbonyl (C=O) groups is 2. The number of carbonyl (C=O) groups excluding carboxylic acids is 2. The molecule has 1 unspecified atom stereocenters. The standard InChI is InChI=1S/C20H21NO3/c22-13-18-12-16-6-3-5-15(11-16)7-4-10-24-14-17-8-1-2-9-19(17)20(23)21-18/h1-3,5-6,8-9,11,13,18H,4,7,10,12,14H2,(H,21,23). The van der Waals surface area contributed by atoms with Crippen LogP contribution in [0, 0.1) is 0 Å². The van der Waals surface area contributed by atoms with E-state index in [4.69, 9.17) is 4.74 Å². The predicted octanol–water partition coefficient (Wildman–Crippen LogP) is 2.69. The smallest absolute Gasteiger partial charge is 0.252 e. The first-order valence-electron chi connectivity index (χ1n) is 8.26. The molecule has 0 radical (unpaired) electrons. The van der Waals surface area contributed by atoms with E-state index in [-0.39, 0.29) is 5.91 Å². The lowest BCUT2D eigenvalue weighted by molar-refractivity contribution is -0.109. The molecular weight excluding hydrogens is 302 g/mol. The number of aryl methyl sites for hydroxylation is 1. The van der Waals surface area contributed by atoms with E-state index in [0.717, 1.165) is 30.3 Å². The first kappa shape index (κ1) is 16.4. The number of rotatable bonds is 1. The quantitative estimate of drug-likeness (QED) is 0.821. The lowest BCUT2D eigenvalue weighted by atomic mass is 10.0. The van der Waals surface area contributed by atoms with Crippen molar-refractivity contribution < 1.29 is 14.3 Å². The molecule has 1 atom stereocenters. The van der Waals surface area contributed by atoms with Crippen molar-refractivity contribution in [3.05, 3.63) is 70.8 Å². The van der Waals surface area contributed by atoms with E-state index in [1.807, 2.05) is 30.3 Å². The zero-order valence-electron chi connectivity index (χ0n) is 13.5. The average Bonchev–Trinajstić information content (AvgIpc) is 2.61. The summed E-state index contributed by atoms with van der Waals surface area (Å²) < 4.78 is 5.73. The first-order valence-corrected chi connectivity index (χ1v) is 8.26. The highest BCUT2D eigenvalue weighted by Gasteiger charge is 2.17. The number of aldehydes is 1. The second-order valence-corrected chi connectivity index (χ2v) is 6.05. The van der Waals surface area contributed by atoms with Gasteiger partial charge in [0, 0.05) is 12.2 Å². The summed E-state index contributed by atoms with van der Waals surface area (Å²) in [6.45, 7) is 1.05. The molecule has 3 rings (SSSR count). The van der Waals surface area contributed by atoms with Gasteiger partial charge < -0.3 is 14.8 Å². The Bertz CT molecular complexity index is 726. The third kappa shape index (κ3) is 4.09. The molecule has 0 aromatic heterocycles. The van der Waals surface area contributed by atoms with Crippen LogP contribution in [0.5, 0.6) is 0 Å². The van der Waals surface area contributed by atoms with Gasteiger partial charge in [0.05, 0.1) is 12.6 Å². The molecule has 0 spiro atoms. The first-order chi connectivity index (χ1) is 11.8. The molecule has 1 heterocycles. The molecule has 1 aliphatic rings. The van der Waals surface area contributed by atoms with Crippen LogP contribution >= 0.6 is 0 Å². The van der Waals surface area contributed by atoms with E-state index in [1.54, 1.807) is 6.07 Å². The molecule has 4 heteroatoms. The van der Waals surface area contributed by atoms with Crippen molar-refractivity contribution in [2.45, 2.75) is 31.9 Å². The van der Waals surface area contributed by atoms with Gasteiger partial charge in [0.1, 0.15) is 6.29 Å². The zero-order chi connectivity index (χ0) is 16.8. The largest absolute Gasteiger partial charge is 0.377 e. The van der Waals surface area contributed by atoms with Gasteiger partial charge in [-0.25, -0.2) is 0 Å². The fraction of sp³-hybridized carbons (Fsp3) is 0.300. The molecule has 0 aliphatic carbocycles. The fourth-order valence-corrected chi connectivity index (χ4v) is 2.97. The van der Waals surface area contributed by atoms with Gasteiger partial charge >= 0.3 is 0 Å². The van der Waals surface area contributed by atoms with Crippen LogP contribution in [-0.2, 0) is 29.0 Å². The van der Waals surface area contributed by atoms with Crippen molar-refractivity contribution in [2.75, 3.05) is 6.61 Å². The number of ether oxygens (including phenoxy) is 1. The topological polar surface area (TPSA) is 55.4 Å². The summed E-state index contributed by atoms with van der Waals surface area (Å²) in [5.41, 5.74) is 3.69. The third-order valence-corrected chi connectivity index (χ3v) is 4.20. The lowest BCUT2D eigenvalue weighted by Crippen LogP contribution is -2.38. The molecular formula is C20H21NO3. The van der Waals surface area contributed by atoms with E-state index < -0.39 is 6.04 Å². The summed E-state index contributed by atoms with van der Waals surface area (Å²) in [5, 5.41) is 2.82. The Kier molecular flexibility index (Phi) is 5.39. The Morgan fingerprint density at radius 1 is 1.08 bits per heavy atom. The van der Waals surface area contributed by atoms with Crippen LogP contribution in [0.1, 0.15) is 33.5 Å². The minimum absolute atomic E-state index is 0.237. The van der Waals surface area contributed by atoms with E-state index in [9.17, 15) is 9.59 Å². The molecule has 2 aromatic carbocycles. The molecule has 4 nitrogen and oxygen atoms in total. The van der Waals surface area contributed by atoms with Crippen LogP contribution in [0.2, 0.25) is 0 Å². The summed E-state index contributed by atoms with van der Waals surface area (Å²) in [6.07, 6.45) is 3.17. The normalized spacial score (nSPS) is 18.8. The number of nitrogens with one attached hydrogen (secondary N) is 1. The molecule has 1 aliphatic heterocycles. The molecule has 2 bridgehead atoms. The second-order valence-electron chi connectivity index (χ2n) is 6.05. The average molecular weight is 323 g/mol. The molecule has 24 heavy (non-hydrogen) atoms.